The molecule has 1 fully saturated rings. The fourth-order valence-corrected chi connectivity index (χ4v) is 2.78. The molecular formula is C18H19FN2O2. The Labute approximate surface area is 135 Å². The number of carbonyl (C=O) groups excluding carboxylic acids is 1. The molecule has 23 heavy (non-hydrogen) atoms. The lowest BCUT2D eigenvalue weighted by Gasteiger charge is -2.36. The molecule has 5 heteroatoms. The number of methoxy groups -OCH3 is 1. The molecule has 4 nitrogen and oxygen atoms in total. The summed E-state index contributed by atoms with van der Waals surface area (Å²) in [6.07, 6.45) is 0. The molecule has 1 saturated heterocycles. The van der Waals surface area contributed by atoms with E-state index in [0.29, 0.717) is 18.7 Å². The number of anilines is 1. The maximum Gasteiger partial charge on any atom is 0.254 e. The van der Waals surface area contributed by atoms with Crippen LogP contribution in [-0.2, 0) is 0 Å². The lowest BCUT2D eigenvalue weighted by atomic mass is 10.1. The van der Waals surface area contributed by atoms with Crippen molar-refractivity contribution >= 4 is 11.6 Å². The van der Waals surface area contributed by atoms with Crippen molar-refractivity contribution in [2.45, 2.75) is 0 Å². The third-order valence-electron chi connectivity index (χ3n) is 4.06. The molecule has 0 saturated carbocycles. The maximum atomic E-state index is 13.3. The third kappa shape index (κ3) is 3.44. The third-order valence-corrected chi connectivity index (χ3v) is 4.06. The Morgan fingerprint density at radius 2 is 1.78 bits per heavy atom. The van der Waals surface area contributed by atoms with E-state index in [4.69, 9.17) is 4.74 Å². The Balaban J connectivity index is 1.65. The summed E-state index contributed by atoms with van der Waals surface area (Å²) < 4.78 is 18.5. The molecule has 0 bridgehead atoms. The summed E-state index contributed by atoms with van der Waals surface area (Å²) in [6, 6.07) is 13.7. The van der Waals surface area contributed by atoms with Gasteiger partial charge in [0.25, 0.3) is 5.91 Å². The van der Waals surface area contributed by atoms with Crippen LogP contribution in [0.4, 0.5) is 10.1 Å². The highest BCUT2D eigenvalue weighted by molar-refractivity contribution is 5.94. The Hall–Kier alpha value is -2.56. The zero-order valence-electron chi connectivity index (χ0n) is 13.0. The van der Waals surface area contributed by atoms with Crippen LogP contribution in [0.1, 0.15) is 10.4 Å². The molecule has 0 N–H and O–H groups in total. The van der Waals surface area contributed by atoms with E-state index in [1.165, 1.54) is 12.1 Å². The highest BCUT2D eigenvalue weighted by atomic mass is 19.1. The summed E-state index contributed by atoms with van der Waals surface area (Å²) in [5.74, 6) is 0.321. The number of hydrogen-bond donors (Lipinski definition) is 0. The van der Waals surface area contributed by atoms with Gasteiger partial charge >= 0.3 is 0 Å². The standard InChI is InChI=1S/C18H19FN2O2/c1-23-17-7-3-6-16(13-17)20-8-10-21(11-9-20)18(22)14-4-2-5-15(19)12-14/h2-7,12-13H,8-11H2,1H3. The minimum atomic E-state index is -0.383. The SMILES string of the molecule is COc1cccc(N2CCN(C(=O)c3cccc(F)c3)CC2)c1. The van der Waals surface area contributed by atoms with Crippen molar-refractivity contribution in [1.29, 1.82) is 0 Å². The van der Waals surface area contributed by atoms with E-state index in [-0.39, 0.29) is 11.7 Å². The van der Waals surface area contributed by atoms with Gasteiger partial charge in [0.05, 0.1) is 7.11 Å². The minimum Gasteiger partial charge on any atom is -0.497 e. The minimum absolute atomic E-state index is 0.116. The van der Waals surface area contributed by atoms with Gasteiger partial charge in [-0.15, -0.1) is 0 Å². The lowest BCUT2D eigenvalue weighted by Crippen LogP contribution is -2.48. The molecule has 0 unspecified atom stereocenters. The summed E-state index contributed by atoms with van der Waals surface area (Å²) in [6.45, 7) is 2.72. The Morgan fingerprint density at radius 1 is 1.04 bits per heavy atom. The van der Waals surface area contributed by atoms with Gasteiger partial charge in [0.1, 0.15) is 11.6 Å². The van der Waals surface area contributed by atoms with Crippen molar-refractivity contribution in [2.24, 2.45) is 0 Å². The second-order valence-electron chi connectivity index (χ2n) is 5.49. The average Bonchev–Trinajstić information content (AvgIpc) is 2.61. The molecule has 1 amide bonds. The quantitative estimate of drug-likeness (QED) is 0.873. The summed E-state index contributed by atoms with van der Waals surface area (Å²) in [5.41, 5.74) is 1.49. The number of halogens is 1. The summed E-state index contributed by atoms with van der Waals surface area (Å²) >= 11 is 0. The molecule has 0 atom stereocenters. The number of benzene rings is 2. The van der Waals surface area contributed by atoms with Crippen LogP contribution in [0.25, 0.3) is 0 Å². The van der Waals surface area contributed by atoms with Crippen LogP contribution in [0.3, 0.4) is 0 Å². The van der Waals surface area contributed by atoms with E-state index < -0.39 is 0 Å². The predicted molar refractivity (Wildman–Crippen MR) is 87.5 cm³/mol. The monoisotopic (exact) mass is 314 g/mol. The predicted octanol–water partition coefficient (Wildman–Crippen LogP) is 2.80. The molecular weight excluding hydrogens is 295 g/mol. The van der Waals surface area contributed by atoms with Gasteiger partial charge in [0, 0.05) is 43.5 Å². The number of carbonyl (C=O) groups is 1. The van der Waals surface area contributed by atoms with Crippen LogP contribution in [0, 0.1) is 5.82 Å². The molecule has 2 aromatic rings. The summed E-state index contributed by atoms with van der Waals surface area (Å²) in [4.78, 5) is 16.4. The van der Waals surface area contributed by atoms with Crippen LogP contribution < -0.4 is 9.64 Å². The van der Waals surface area contributed by atoms with Crippen LogP contribution in [-0.4, -0.2) is 44.1 Å². The normalized spacial score (nSPS) is 14.7. The number of ether oxygens (including phenoxy) is 1. The Bertz CT molecular complexity index is 697. The molecule has 2 aromatic carbocycles. The fraction of sp³-hybridized carbons (Fsp3) is 0.278. The van der Waals surface area contributed by atoms with Crippen LogP contribution in [0.5, 0.6) is 5.75 Å². The van der Waals surface area contributed by atoms with E-state index in [9.17, 15) is 9.18 Å². The number of rotatable bonds is 3. The number of nitrogens with zero attached hydrogens (tertiary/aromatic N) is 2. The fourth-order valence-electron chi connectivity index (χ4n) is 2.78. The van der Waals surface area contributed by atoms with E-state index in [1.807, 2.05) is 24.3 Å². The van der Waals surface area contributed by atoms with Crippen molar-refractivity contribution in [1.82, 2.24) is 4.90 Å². The molecule has 1 heterocycles. The molecule has 120 valence electrons. The second kappa shape index (κ2) is 6.69. The van der Waals surface area contributed by atoms with Crippen molar-refractivity contribution in [2.75, 3.05) is 38.2 Å². The summed E-state index contributed by atoms with van der Waals surface area (Å²) in [5, 5.41) is 0. The van der Waals surface area contributed by atoms with Crippen LogP contribution >= 0.6 is 0 Å². The average molecular weight is 314 g/mol. The van der Waals surface area contributed by atoms with Gasteiger partial charge in [-0.2, -0.15) is 0 Å². The van der Waals surface area contributed by atoms with E-state index >= 15 is 0 Å². The molecule has 0 radical (unpaired) electrons. The zero-order chi connectivity index (χ0) is 16.2. The van der Waals surface area contributed by atoms with Gasteiger partial charge < -0.3 is 14.5 Å². The van der Waals surface area contributed by atoms with Crippen LogP contribution in [0.2, 0.25) is 0 Å². The van der Waals surface area contributed by atoms with E-state index in [0.717, 1.165) is 24.5 Å². The zero-order valence-corrected chi connectivity index (χ0v) is 13.0. The first-order chi connectivity index (χ1) is 11.2. The summed E-state index contributed by atoms with van der Waals surface area (Å²) in [7, 11) is 1.65. The smallest absolute Gasteiger partial charge is 0.254 e. The van der Waals surface area contributed by atoms with E-state index in [1.54, 1.807) is 24.1 Å². The topological polar surface area (TPSA) is 32.8 Å². The van der Waals surface area contributed by atoms with Gasteiger partial charge in [-0.3, -0.25) is 4.79 Å². The first-order valence-corrected chi connectivity index (χ1v) is 7.61. The molecule has 1 aliphatic rings. The van der Waals surface area contributed by atoms with Crippen molar-refractivity contribution in [3.63, 3.8) is 0 Å². The highest BCUT2D eigenvalue weighted by Gasteiger charge is 2.22. The molecule has 0 spiro atoms. The molecule has 0 aliphatic carbocycles. The second-order valence-corrected chi connectivity index (χ2v) is 5.49. The van der Waals surface area contributed by atoms with Crippen molar-refractivity contribution in [3.05, 3.63) is 59.9 Å². The lowest BCUT2D eigenvalue weighted by molar-refractivity contribution is 0.0746. The van der Waals surface area contributed by atoms with Crippen molar-refractivity contribution in [3.8, 4) is 5.75 Å². The Kier molecular flexibility index (Phi) is 4.46. The number of hydrogen-bond acceptors (Lipinski definition) is 3. The maximum absolute atomic E-state index is 13.3. The molecule has 3 rings (SSSR count). The Morgan fingerprint density at radius 3 is 2.48 bits per heavy atom. The van der Waals surface area contributed by atoms with Gasteiger partial charge in [-0.1, -0.05) is 12.1 Å². The largest absolute Gasteiger partial charge is 0.497 e. The molecule has 0 aromatic heterocycles. The first kappa shape index (κ1) is 15.3. The first-order valence-electron chi connectivity index (χ1n) is 7.61. The van der Waals surface area contributed by atoms with Crippen molar-refractivity contribution < 1.29 is 13.9 Å². The number of amides is 1. The number of piperazine rings is 1. The van der Waals surface area contributed by atoms with Gasteiger partial charge in [0.2, 0.25) is 0 Å². The van der Waals surface area contributed by atoms with Gasteiger partial charge in [-0.25, -0.2) is 4.39 Å². The van der Waals surface area contributed by atoms with E-state index in [2.05, 4.69) is 4.90 Å². The van der Waals surface area contributed by atoms with Crippen LogP contribution in [0.15, 0.2) is 48.5 Å². The highest BCUT2D eigenvalue weighted by Crippen LogP contribution is 2.22. The molecule has 1 aliphatic heterocycles. The van der Waals surface area contributed by atoms with Gasteiger partial charge in [-0.05, 0) is 30.3 Å². The van der Waals surface area contributed by atoms with Gasteiger partial charge in [0.15, 0.2) is 0 Å².